The van der Waals surface area contributed by atoms with E-state index in [2.05, 4.69) is 10.6 Å². The minimum Gasteiger partial charge on any atom is -0.377 e. The predicted molar refractivity (Wildman–Crippen MR) is 90.2 cm³/mol. The van der Waals surface area contributed by atoms with Crippen LogP contribution in [-0.4, -0.2) is 84.0 Å². The number of ether oxygens (including phenoxy) is 4. The van der Waals surface area contributed by atoms with Crippen molar-refractivity contribution < 1.29 is 33.3 Å². The van der Waals surface area contributed by atoms with Crippen molar-refractivity contribution in [3.63, 3.8) is 0 Å². The third-order valence-corrected chi connectivity index (χ3v) is 2.91. The molecule has 0 bridgehead atoms. The SMILES string of the molecule is CC(C)C(=O)COCCOCCNC(=O)COCCOCCNC=O. The van der Waals surface area contributed by atoms with Gasteiger partial charge in [-0.3, -0.25) is 14.4 Å². The van der Waals surface area contributed by atoms with Gasteiger partial charge in [-0.25, -0.2) is 0 Å². The Morgan fingerprint density at radius 2 is 1.40 bits per heavy atom. The van der Waals surface area contributed by atoms with Gasteiger partial charge in [-0.2, -0.15) is 0 Å². The molecular formula is C16H30N2O7. The van der Waals surface area contributed by atoms with E-state index >= 15 is 0 Å². The van der Waals surface area contributed by atoms with E-state index in [1.165, 1.54) is 0 Å². The summed E-state index contributed by atoms with van der Waals surface area (Å²) >= 11 is 0. The molecule has 0 spiro atoms. The molecule has 2 N–H and O–H groups in total. The van der Waals surface area contributed by atoms with Crippen molar-refractivity contribution in [3.05, 3.63) is 0 Å². The quantitative estimate of drug-likeness (QED) is 0.241. The highest BCUT2D eigenvalue weighted by atomic mass is 16.5. The molecule has 0 aliphatic carbocycles. The van der Waals surface area contributed by atoms with Crippen molar-refractivity contribution in [3.8, 4) is 0 Å². The zero-order valence-electron chi connectivity index (χ0n) is 15.1. The zero-order valence-corrected chi connectivity index (χ0v) is 15.1. The topological polar surface area (TPSA) is 112 Å². The van der Waals surface area contributed by atoms with Gasteiger partial charge in [0.25, 0.3) is 0 Å². The second kappa shape index (κ2) is 17.3. The molecule has 2 amide bonds. The summed E-state index contributed by atoms with van der Waals surface area (Å²) in [7, 11) is 0. The normalized spacial score (nSPS) is 10.7. The first-order valence-corrected chi connectivity index (χ1v) is 8.35. The Bertz CT molecular complexity index is 364. The van der Waals surface area contributed by atoms with Gasteiger partial charge in [0.2, 0.25) is 12.3 Å². The number of rotatable bonds is 18. The molecule has 9 heteroatoms. The van der Waals surface area contributed by atoms with Crippen LogP contribution in [0.1, 0.15) is 13.8 Å². The maximum atomic E-state index is 11.4. The number of nitrogens with one attached hydrogen (secondary N) is 2. The van der Waals surface area contributed by atoms with Crippen LogP contribution in [0.15, 0.2) is 0 Å². The number of carbonyl (C=O) groups is 3. The summed E-state index contributed by atoms with van der Waals surface area (Å²) in [6, 6.07) is 0. The van der Waals surface area contributed by atoms with Gasteiger partial charge in [-0.05, 0) is 0 Å². The van der Waals surface area contributed by atoms with Crippen LogP contribution in [0.4, 0.5) is 0 Å². The van der Waals surface area contributed by atoms with Gasteiger partial charge in [-0.15, -0.1) is 0 Å². The van der Waals surface area contributed by atoms with Crippen LogP contribution in [0, 0.1) is 5.92 Å². The summed E-state index contributed by atoms with van der Waals surface area (Å²) in [5, 5.41) is 5.12. The monoisotopic (exact) mass is 362 g/mol. The van der Waals surface area contributed by atoms with E-state index in [-0.39, 0.29) is 30.8 Å². The van der Waals surface area contributed by atoms with Crippen LogP contribution in [-0.2, 0) is 33.3 Å². The number of Topliss-reactive ketones (excluding diaryl/α,β-unsaturated/α-hetero) is 1. The largest absolute Gasteiger partial charge is 0.377 e. The van der Waals surface area contributed by atoms with Gasteiger partial charge < -0.3 is 29.6 Å². The molecule has 25 heavy (non-hydrogen) atoms. The first-order valence-electron chi connectivity index (χ1n) is 8.35. The molecule has 9 nitrogen and oxygen atoms in total. The molecule has 0 saturated carbocycles. The lowest BCUT2D eigenvalue weighted by atomic mass is 10.1. The molecule has 0 aliphatic heterocycles. The maximum Gasteiger partial charge on any atom is 0.246 e. The Morgan fingerprint density at radius 3 is 2.00 bits per heavy atom. The number of amides is 2. The predicted octanol–water partition coefficient (Wildman–Crippen LogP) is -0.860. The molecule has 0 rings (SSSR count). The van der Waals surface area contributed by atoms with Crippen LogP contribution < -0.4 is 10.6 Å². The average molecular weight is 362 g/mol. The Labute approximate surface area is 148 Å². The molecule has 0 atom stereocenters. The van der Waals surface area contributed by atoms with Crippen molar-refractivity contribution in [2.75, 3.05) is 65.9 Å². The van der Waals surface area contributed by atoms with Crippen molar-refractivity contribution in [2.45, 2.75) is 13.8 Å². The van der Waals surface area contributed by atoms with Crippen molar-refractivity contribution in [2.24, 2.45) is 5.92 Å². The van der Waals surface area contributed by atoms with Crippen molar-refractivity contribution in [1.82, 2.24) is 10.6 Å². The molecule has 0 saturated heterocycles. The summed E-state index contributed by atoms with van der Waals surface area (Å²) in [6.45, 7) is 6.68. The third kappa shape index (κ3) is 17.1. The Morgan fingerprint density at radius 1 is 0.840 bits per heavy atom. The van der Waals surface area contributed by atoms with Crippen LogP contribution in [0.2, 0.25) is 0 Å². The lowest BCUT2D eigenvalue weighted by Gasteiger charge is -2.08. The van der Waals surface area contributed by atoms with Crippen LogP contribution in [0.3, 0.4) is 0 Å². The minimum atomic E-state index is -0.231. The van der Waals surface area contributed by atoms with E-state index in [1.54, 1.807) is 0 Å². The summed E-state index contributed by atoms with van der Waals surface area (Å²) in [6.07, 6.45) is 0.606. The van der Waals surface area contributed by atoms with Crippen LogP contribution >= 0.6 is 0 Å². The molecule has 0 aliphatic rings. The number of ketones is 1. The fraction of sp³-hybridized carbons (Fsp3) is 0.812. The van der Waals surface area contributed by atoms with E-state index in [0.717, 1.165) is 0 Å². The number of hydrogen-bond acceptors (Lipinski definition) is 7. The molecule has 0 aromatic rings. The molecule has 0 radical (unpaired) electrons. The first kappa shape index (κ1) is 23.4. The maximum absolute atomic E-state index is 11.4. The standard InChI is InChI=1S/C16H30N2O7/c1-14(2)15(20)11-24-9-7-23-6-4-18-16(21)12-25-10-8-22-5-3-17-13-19/h13-14H,3-12H2,1-2H3,(H,17,19)(H,18,21). The Hall–Kier alpha value is -1.55. The molecular weight excluding hydrogens is 332 g/mol. The fourth-order valence-electron chi connectivity index (χ4n) is 1.45. The van der Waals surface area contributed by atoms with Crippen molar-refractivity contribution >= 4 is 18.1 Å². The lowest BCUT2D eigenvalue weighted by molar-refractivity contribution is -0.128. The van der Waals surface area contributed by atoms with E-state index in [1.807, 2.05) is 13.8 Å². The third-order valence-electron chi connectivity index (χ3n) is 2.91. The average Bonchev–Trinajstić information content (AvgIpc) is 2.59. The number of hydrogen-bond donors (Lipinski definition) is 2. The molecule has 0 fully saturated rings. The van der Waals surface area contributed by atoms with E-state index in [4.69, 9.17) is 18.9 Å². The second-order valence-electron chi connectivity index (χ2n) is 5.37. The first-order chi connectivity index (χ1) is 12.1. The van der Waals surface area contributed by atoms with Gasteiger partial charge >= 0.3 is 0 Å². The van der Waals surface area contributed by atoms with E-state index < -0.39 is 0 Å². The number of carbonyl (C=O) groups excluding carboxylic acids is 3. The van der Waals surface area contributed by atoms with Gasteiger partial charge in [0, 0.05) is 19.0 Å². The second-order valence-corrected chi connectivity index (χ2v) is 5.37. The summed E-state index contributed by atoms with van der Waals surface area (Å²) in [5.41, 5.74) is 0. The highest BCUT2D eigenvalue weighted by Gasteiger charge is 2.06. The smallest absolute Gasteiger partial charge is 0.246 e. The van der Waals surface area contributed by atoms with E-state index in [9.17, 15) is 14.4 Å². The summed E-state index contributed by atoms with van der Waals surface area (Å²) in [5.74, 6) is -0.190. The van der Waals surface area contributed by atoms with E-state index in [0.29, 0.717) is 59.1 Å². The summed E-state index contributed by atoms with van der Waals surface area (Å²) < 4.78 is 20.7. The van der Waals surface area contributed by atoms with Gasteiger partial charge in [0.05, 0.1) is 39.6 Å². The molecule has 0 aromatic heterocycles. The highest BCUT2D eigenvalue weighted by molar-refractivity contribution is 5.81. The fourth-order valence-corrected chi connectivity index (χ4v) is 1.45. The molecule has 146 valence electrons. The molecule has 0 aromatic carbocycles. The highest BCUT2D eigenvalue weighted by Crippen LogP contribution is 1.94. The van der Waals surface area contributed by atoms with Gasteiger partial charge in [0.1, 0.15) is 13.2 Å². The summed E-state index contributed by atoms with van der Waals surface area (Å²) in [4.78, 5) is 32.7. The molecule has 0 heterocycles. The Balaban J connectivity index is 3.25. The van der Waals surface area contributed by atoms with Crippen LogP contribution in [0.25, 0.3) is 0 Å². The van der Waals surface area contributed by atoms with Gasteiger partial charge in [-0.1, -0.05) is 13.8 Å². The zero-order chi connectivity index (χ0) is 18.8. The minimum absolute atomic E-state index is 0.0237. The Kier molecular flexibility index (Phi) is 16.2. The lowest BCUT2D eigenvalue weighted by Crippen LogP contribution is -2.31. The van der Waals surface area contributed by atoms with Crippen LogP contribution in [0.5, 0.6) is 0 Å². The van der Waals surface area contributed by atoms with Crippen molar-refractivity contribution in [1.29, 1.82) is 0 Å². The molecule has 0 unspecified atom stereocenters. The van der Waals surface area contributed by atoms with Gasteiger partial charge in [0.15, 0.2) is 5.78 Å².